The van der Waals surface area contributed by atoms with Crippen molar-refractivity contribution in [3.8, 4) is 0 Å². The van der Waals surface area contributed by atoms with Crippen molar-refractivity contribution in [1.82, 2.24) is 20.5 Å². The molecule has 0 radical (unpaired) electrons. The van der Waals surface area contributed by atoms with Gasteiger partial charge < -0.3 is 10.6 Å². The van der Waals surface area contributed by atoms with Crippen LogP contribution in [0.25, 0.3) is 0 Å². The van der Waals surface area contributed by atoms with E-state index in [2.05, 4.69) is 25.8 Å². The second-order valence-corrected chi connectivity index (χ2v) is 3.57. The summed E-state index contributed by atoms with van der Waals surface area (Å²) >= 11 is 0. The molecule has 0 aliphatic heterocycles. The Morgan fingerprint density at radius 2 is 2.22 bits per heavy atom. The smallest absolute Gasteiger partial charge is 0.255 e. The fourth-order valence-electron chi connectivity index (χ4n) is 1.49. The molecule has 2 aromatic heterocycles. The van der Waals surface area contributed by atoms with E-state index in [4.69, 9.17) is 0 Å². The molecule has 0 aromatic carbocycles. The van der Waals surface area contributed by atoms with E-state index in [9.17, 15) is 4.79 Å². The molecule has 0 saturated heterocycles. The summed E-state index contributed by atoms with van der Waals surface area (Å²) in [6, 6.07) is 5.32. The molecule has 2 aromatic rings. The molecule has 0 bridgehead atoms. The van der Waals surface area contributed by atoms with Gasteiger partial charge in [0, 0.05) is 31.3 Å². The number of nitrogens with zero attached hydrogens (tertiary/aromatic N) is 3. The molecular weight excluding hydrogens is 230 g/mol. The summed E-state index contributed by atoms with van der Waals surface area (Å²) in [5, 5.41) is 13.3. The first kappa shape index (κ1) is 12.0. The number of amides is 1. The minimum atomic E-state index is -0.196. The first-order chi connectivity index (χ1) is 8.81. The van der Waals surface area contributed by atoms with Gasteiger partial charge in [-0.2, -0.15) is 10.2 Å². The first-order valence-corrected chi connectivity index (χ1v) is 5.48. The van der Waals surface area contributed by atoms with E-state index in [0.29, 0.717) is 17.8 Å². The molecule has 0 fully saturated rings. The van der Waals surface area contributed by atoms with Crippen LogP contribution in [-0.4, -0.2) is 28.1 Å². The molecule has 6 heteroatoms. The topological polar surface area (TPSA) is 79.8 Å². The van der Waals surface area contributed by atoms with Gasteiger partial charge in [0.2, 0.25) is 0 Å². The Morgan fingerprint density at radius 3 is 2.94 bits per heavy atom. The lowest BCUT2D eigenvalue weighted by molar-refractivity contribution is 0.0951. The van der Waals surface area contributed by atoms with Crippen molar-refractivity contribution in [3.05, 3.63) is 48.0 Å². The van der Waals surface area contributed by atoms with E-state index >= 15 is 0 Å². The van der Waals surface area contributed by atoms with Crippen LogP contribution in [0.1, 0.15) is 16.1 Å². The minimum absolute atomic E-state index is 0.196. The summed E-state index contributed by atoms with van der Waals surface area (Å²) in [6.45, 7) is 0.338. The van der Waals surface area contributed by atoms with Crippen molar-refractivity contribution in [2.75, 3.05) is 12.4 Å². The van der Waals surface area contributed by atoms with E-state index in [1.807, 2.05) is 0 Å². The molecule has 2 N–H and O–H groups in total. The van der Waals surface area contributed by atoms with Gasteiger partial charge in [0.1, 0.15) is 0 Å². The van der Waals surface area contributed by atoms with Crippen molar-refractivity contribution in [3.63, 3.8) is 0 Å². The Balaban J connectivity index is 2.04. The Kier molecular flexibility index (Phi) is 3.80. The number of anilines is 1. The fraction of sp³-hybridized carbons (Fsp3) is 0.167. The third kappa shape index (κ3) is 2.79. The van der Waals surface area contributed by atoms with E-state index in [1.165, 1.54) is 6.20 Å². The van der Waals surface area contributed by atoms with Crippen molar-refractivity contribution in [1.29, 1.82) is 0 Å². The SMILES string of the molecule is CNc1ccncc1C(=O)NCc1cccnn1. The Hall–Kier alpha value is -2.50. The monoisotopic (exact) mass is 243 g/mol. The maximum absolute atomic E-state index is 12.0. The standard InChI is InChI=1S/C12H13N5O/c1-13-11-4-6-14-8-10(11)12(18)15-7-9-3-2-5-16-17-9/h2-6,8H,7H2,1H3,(H,13,14)(H,15,18). The summed E-state index contributed by atoms with van der Waals surface area (Å²) in [6.07, 6.45) is 4.74. The lowest BCUT2D eigenvalue weighted by Gasteiger charge is -2.08. The van der Waals surface area contributed by atoms with Crippen LogP contribution in [-0.2, 0) is 6.54 Å². The average molecular weight is 243 g/mol. The van der Waals surface area contributed by atoms with Gasteiger partial charge in [0.15, 0.2) is 0 Å². The average Bonchev–Trinajstić information content (AvgIpc) is 2.45. The molecule has 6 nitrogen and oxygen atoms in total. The number of carbonyl (C=O) groups is 1. The molecule has 18 heavy (non-hydrogen) atoms. The highest BCUT2D eigenvalue weighted by molar-refractivity contribution is 5.99. The molecule has 2 rings (SSSR count). The van der Waals surface area contributed by atoms with Gasteiger partial charge >= 0.3 is 0 Å². The summed E-state index contributed by atoms with van der Waals surface area (Å²) in [5.74, 6) is -0.196. The number of hydrogen-bond acceptors (Lipinski definition) is 5. The van der Waals surface area contributed by atoms with Crippen LogP contribution < -0.4 is 10.6 Å². The summed E-state index contributed by atoms with van der Waals surface area (Å²) < 4.78 is 0. The van der Waals surface area contributed by atoms with Crippen LogP contribution in [0.15, 0.2) is 36.8 Å². The third-order valence-corrected chi connectivity index (χ3v) is 2.39. The van der Waals surface area contributed by atoms with E-state index < -0.39 is 0 Å². The summed E-state index contributed by atoms with van der Waals surface area (Å²) in [4.78, 5) is 15.9. The molecule has 0 aliphatic carbocycles. The highest BCUT2D eigenvalue weighted by Gasteiger charge is 2.10. The van der Waals surface area contributed by atoms with Crippen LogP contribution >= 0.6 is 0 Å². The number of pyridine rings is 1. The second-order valence-electron chi connectivity index (χ2n) is 3.57. The molecule has 0 unspecified atom stereocenters. The number of hydrogen-bond donors (Lipinski definition) is 2. The fourth-order valence-corrected chi connectivity index (χ4v) is 1.49. The third-order valence-electron chi connectivity index (χ3n) is 2.39. The molecule has 0 atom stereocenters. The van der Waals surface area contributed by atoms with E-state index in [-0.39, 0.29) is 5.91 Å². The number of aromatic nitrogens is 3. The molecule has 0 spiro atoms. The largest absolute Gasteiger partial charge is 0.387 e. The van der Waals surface area contributed by atoms with Gasteiger partial charge in [-0.05, 0) is 18.2 Å². The van der Waals surface area contributed by atoms with Gasteiger partial charge in [0.25, 0.3) is 5.91 Å². The normalized spacial score (nSPS) is 9.83. The number of carbonyl (C=O) groups excluding carboxylic acids is 1. The summed E-state index contributed by atoms with van der Waals surface area (Å²) in [5.41, 5.74) is 1.95. The maximum Gasteiger partial charge on any atom is 0.255 e. The van der Waals surface area contributed by atoms with E-state index in [1.54, 1.807) is 37.6 Å². The zero-order chi connectivity index (χ0) is 12.8. The Labute approximate surface area is 104 Å². The molecular formula is C12H13N5O. The van der Waals surface area contributed by atoms with Crippen molar-refractivity contribution in [2.24, 2.45) is 0 Å². The van der Waals surface area contributed by atoms with Crippen molar-refractivity contribution < 1.29 is 4.79 Å². The van der Waals surface area contributed by atoms with Crippen molar-refractivity contribution in [2.45, 2.75) is 6.54 Å². The van der Waals surface area contributed by atoms with Crippen LogP contribution in [0.4, 0.5) is 5.69 Å². The lowest BCUT2D eigenvalue weighted by atomic mass is 10.2. The molecule has 1 amide bonds. The highest BCUT2D eigenvalue weighted by atomic mass is 16.1. The first-order valence-electron chi connectivity index (χ1n) is 5.48. The number of rotatable bonds is 4. The van der Waals surface area contributed by atoms with Gasteiger partial charge in [-0.1, -0.05) is 0 Å². The van der Waals surface area contributed by atoms with Gasteiger partial charge in [-0.25, -0.2) is 0 Å². The molecule has 2 heterocycles. The zero-order valence-corrected chi connectivity index (χ0v) is 9.92. The predicted molar refractivity (Wildman–Crippen MR) is 67.0 cm³/mol. The Bertz CT molecular complexity index is 529. The summed E-state index contributed by atoms with van der Waals surface area (Å²) in [7, 11) is 1.76. The predicted octanol–water partition coefficient (Wildman–Crippen LogP) is 0.843. The zero-order valence-electron chi connectivity index (χ0n) is 9.92. The quantitative estimate of drug-likeness (QED) is 0.832. The van der Waals surface area contributed by atoms with Crippen molar-refractivity contribution >= 4 is 11.6 Å². The van der Waals surface area contributed by atoms with E-state index in [0.717, 1.165) is 5.69 Å². The van der Waals surface area contributed by atoms with Crippen LogP contribution in [0.3, 0.4) is 0 Å². The van der Waals surface area contributed by atoms with Crippen LogP contribution in [0, 0.1) is 0 Å². The second kappa shape index (κ2) is 5.72. The van der Waals surface area contributed by atoms with Gasteiger partial charge in [-0.15, -0.1) is 0 Å². The molecule has 0 saturated carbocycles. The van der Waals surface area contributed by atoms with Gasteiger partial charge in [0.05, 0.1) is 17.8 Å². The lowest BCUT2D eigenvalue weighted by Crippen LogP contribution is -2.24. The minimum Gasteiger partial charge on any atom is -0.387 e. The molecule has 0 aliphatic rings. The molecule has 92 valence electrons. The maximum atomic E-state index is 12.0. The highest BCUT2D eigenvalue weighted by Crippen LogP contribution is 2.12. The van der Waals surface area contributed by atoms with Crippen LogP contribution in [0.2, 0.25) is 0 Å². The number of nitrogens with one attached hydrogen (secondary N) is 2. The Morgan fingerprint density at radius 1 is 1.33 bits per heavy atom. The van der Waals surface area contributed by atoms with Crippen LogP contribution in [0.5, 0.6) is 0 Å². The van der Waals surface area contributed by atoms with Gasteiger partial charge in [-0.3, -0.25) is 9.78 Å².